The number of fused-ring (bicyclic) bond motifs is 1. The second-order valence-electron chi connectivity index (χ2n) is 12.7. The maximum Gasteiger partial charge on any atom is 0.409 e. The number of alkyl halides is 6. The summed E-state index contributed by atoms with van der Waals surface area (Å²) in [6, 6.07) is -4.33. The number of Topliss-reactive ketones (excluding diaryl/α,β-unsaturated/α-hetero) is 1. The lowest BCUT2D eigenvalue weighted by molar-refractivity contribution is -0.274. The van der Waals surface area contributed by atoms with Crippen LogP contribution in [-0.2, 0) is 24.0 Å². The first-order chi connectivity index (χ1) is 18.0. The smallest absolute Gasteiger partial charge is 0.363 e. The van der Waals surface area contributed by atoms with Crippen molar-refractivity contribution in [3.63, 3.8) is 0 Å². The Hall–Kier alpha value is -2.87. The van der Waals surface area contributed by atoms with Crippen LogP contribution in [0.3, 0.4) is 0 Å². The highest BCUT2D eigenvalue weighted by molar-refractivity contribution is 6.37. The van der Waals surface area contributed by atoms with Crippen molar-refractivity contribution in [3.05, 3.63) is 0 Å². The molecule has 15 heteroatoms. The van der Waals surface area contributed by atoms with E-state index in [1.165, 1.54) is 20.8 Å². The summed E-state index contributed by atoms with van der Waals surface area (Å²) in [7, 11) is 0. The molecule has 0 radical (unpaired) electrons. The summed E-state index contributed by atoms with van der Waals surface area (Å²) in [5.74, 6) is -11.5. The topological polar surface area (TPSA) is 139 Å². The zero-order valence-corrected chi connectivity index (χ0v) is 22.7. The number of nitrogens with one attached hydrogen (secondary N) is 2. The summed E-state index contributed by atoms with van der Waals surface area (Å²) >= 11 is 0. The molecular formula is C25H34F6N4O5. The SMILES string of the molecule is CC(C)(C)[C@H](NC(=O)C(C(F)(F)F)C(F)(F)F)C(=O)N1C[C@H]2C([C@H]1C(=O)NC(CC1CC1)C(=O)C(N)=O)C2(C)C. The minimum Gasteiger partial charge on any atom is -0.363 e. The normalized spacial score (nSPS) is 25.6. The van der Waals surface area contributed by atoms with Gasteiger partial charge in [-0.2, -0.15) is 26.3 Å². The van der Waals surface area contributed by atoms with Crippen LogP contribution in [-0.4, -0.2) is 71.3 Å². The second-order valence-corrected chi connectivity index (χ2v) is 12.7. The van der Waals surface area contributed by atoms with Gasteiger partial charge in [-0.3, -0.25) is 24.0 Å². The molecule has 3 fully saturated rings. The Morgan fingerprint density at radius 2 is 1.48 bits per heavy atom. The predicted molar refractivity (Wildman–Crippen MR) is 127 cm³/mol. The fraction of sp³-hybridized carbons (Fsp3) is 0.800. The number of ketones is 1. The van der Waals surface area contributed by atoms with Crippen LogP contribution < -0.4 is 16.4 Å². The molecule has 4 amide bonds. The van der Waals surface area contributed by atoms with Crippen molar-refractivity contribution in [2.75, 3.05) is 6.54 Å². The number of hydrogen-bond donors (Lipinski definition) is 3. The largest absolute Gasteiger partial charge is 0.409 e. The van der Waals surface area contributed by atoms with E-state index in [0.717, 1.165) is 17.7 Å². The number of nitrogens with two attached hydrogens (primary N) is 1. The van der Waals surface area contributed by atoms with Crippen LogP contribution in [0.25, 0.3) is 0 Å². The highest BCUT2D eigenvalue weighted by atomic mass is 19.4. The summed E-state index contributed by atoms with van der Waals surface area (Å²) in [5.41, 5.74) is 3.34. The highest BCUT2D eigenvalue weighted by Crippen LogP contribution is 2.65. The van der Waals surface area contributed by atoms with Gasteiger partial charge in [0.25, 0.3) is 5.91 Å². The number of amides is 4. The number of rotatable bonds is 9. The van der Waals surface area contributed by atoms with E-state index in [-0.39, 0.29) is 24.8 Å². The average Bonchev–Trinajstić information content (AvgIpc) is 3.60. The molecule has 3 rings (SSSR count). The molecule has 1 aliphatic heterocycles. The molecule has 0 spiro atoms. The van der Waals surface area contributed by atoms with Crippen LogP contribution in [0, 0.1) is 34.5 Å². The van der Waals surface area contributed by atoms with Gasteiger partial charge < -0.3 is 21.3 Å². The third-order valence-electron chi connectivity index (χ3n) is 8.22. The van der Waals surface area contributed by atoms with Gasteiger partial charge in [0.05, 0.1) is 6.04 Å². The van der Waals surface area contributed by atoms with Crippen LogP contribution >= 0.6 is 0 Å². The first-order valence-corrected chi connectivity index (χ1v) is 12.9. The molecule has 3 aliphatic rings. The number of halogens is 6. The number of hydrogen-bond acceptors (Lipinski definition) is 5. The summed E-state index contributed by atoms with van der Waals surface area (Å²) in [6.07, 6.45) is -10.2. The first kappa shape index (κ1) is 31.7. The Bertz CT molecular complexity index is 1070. The molecule has 0 bridgehead atoms. The maximum atomic E-state index is 13.7. The van der Waals surface area contributed by atoms with E-state index >= 15 is 0 Å². The molecule has 1 saturated heterocycles. The van der Waals surface area contributed by atoms with Gasteiger partial charge in [-0.1, -0.05) is 47.5 Å². The Morgan fingerprint density at radius 1 is 0.950 bits per heavy atom. The van der Waals surface area contributed by atoms with Crippen molar-refractivity contribution in [1.29, 1.82) is 0 Å². The fourth-order valence-corrected chi connectivity index (χ4v) is 5.68. The molecule has 4 N–H and O–H groups in total. The summed E-state index contributed by atoms with van der Waals surface area (Å²) in [6.45, 7) is 7.66. The van der Waals surface area contributed by atoms with Crippen LogP contribution in [0.15, 0.2) is 0 Å². The van der Waals surface area contributed by atoms with Gasteiger partial charge in [-0.15, -0.1) is 0 Å². The molecule has 2 unspecified atom stereocenters. The van der Waals surface area contributed by atoms with Gasteiger partial charge in [0.15, 0.2) is 0 Å². The van der Waals surface area contributed by atoms with Gasteiger partial charge >= 0.3 is 12.4 Å². The average molecular weight is 585 g/mol. The van der Waals surface area contributed by atoms with Crippen molar-refractivity contribution in [2.24, 2.45) is 40.2 Å². The molecule has 9 nitrogen and oxygen atoms in total. The number of nitrogens with zero attached hydrogens (tertiary/aromatic N) is 1. The van der Waals surface area contributed by atoms with Gasteiger partial charge in [0.2, 0.25) is 29.4 Å². The fourth-order valence-electron chi connectivity index (χ4n) is 5.68. The van der Waals surface area contributed by atoms with Gasteiger partial charge in [0.1, 0.15) is 12.1 Å². The minimum atomic E-state index is -5.96. The lowest BCUT2D eigenvalue weighted by atomic mass is 9.84. The van der Waals surface area contributed by atoms with E-state index in [9.17, 15) is 50.3 Å². The Balaban J connectivity index is 1.89. The molecule has 2 saturated carbocycles. The highest BCUT2D eigenvalue weighted by Gasteiger charge is 2.70. The van der Waals surface area contributed by atoms with Crippen molar-refractivity contribution >= 4 is 29.4 Å². The zero-order valence-electron chi connectivity index (χ0n) is 22.7. The molecule has 2 aliphatic carbocycles. The molecular weight excluding hydrogens is 550 g/mol. The molecule has 40 heavy (non-hydrogen) atoms. The number of carbonyl (C=O) groups is 5. The summed E-state index contributed by atoms with van der Waals surface area (Å²) < 4.78 is 79.0. The van der Waals surface area contributed by atoms with E-state index in [2.05, 4.69) is 5.32 Å². The molecule has 226 valence electrons. The molecule has 0 aromatic heterocycles. The molecule has 5 atom stereocenters. The Morgan fingerprint density at radius 3 is 1.90 bits per heavy atom. The summed E-state index contributed by atoms with van der Waals surface area (Å²) in [5, 5.41) is 4.15. The lowest BCUT2D eigenvalue weighted by Gasteiger charge is -2.38. The van der Waals surface area contributed by atoms with Crippen molar-refractivity contribution in [1.82, 2.24) is 15.5 Å². The number of likely N-dealkylation sites (tertiary alicyclic amines) is 1. The van der Waals surface area contributed by atoms with Crippen LogP contribution in [0.1, 0.15) is 53.9 Å². The minimum absolute atomic E-state index is 0.0456. The second kappa shape index (κ2) is 10.2. The van der Waals surface area contributed by atoms with Crippen LogP contribution in [0.2, 0.25) is 0 Å². The van der Waals surface area contributed by atoms with Crippen LogP contribution in [0.5, 0.6) is 0 Å². The van der Waals surface area contributed by atoms with E-state index in [1.807, 2.05) is 13.8 Å². The van der Waals surface area contributed by atoms with Crippen molar-refractivity contribution in [2.45, 2.75) is 84.4 Å². The van der Waals surface area contributed by atoms with E-state index in [4.69, 9.17) is 5.73 Å². The molecule has 1 heterocycles. The zero-order chi connectivity index (χ0) is 30.7. The summed E-state index contributed by atoms with van der Waals surface area (Å²) in [4.78, 5) is 64.5. The van der Waals surface area contributed by atoms with Crippen molar-refractivity contribution < 1.29 is 50.3 Å². The quantitative estimate of drug-likeness (QED) is 0.282. The number of piperidine rings is 1. The van der Waals surface area contributed by atoms with Gasteiger partial charge in [-0.25, -0.2) is 0 Å². The third-order valence-corrected chi connectivity index (χ3v) is 8.22. The third kappa shape index (κ3) is 6.37. The first-order valence-electron chi connectivity index (χ1n) is 12.9. The number of carbonyl (C=O) groups excluding carboxylic acids is 5. The van der Waals surface area contributed by atoms with Gasteiger partial charge in [-0.05, 0) is 35.0 Å². The maximum absolute atomic E-state index is 13.7. The Kier molecular flexibility index (Phi) is 8.07. The van der Waals surface area contributed by atoms with Crippen molar-refractivity contribution in [3.8, 4) is 0 Å². The molecule has 0 aromatic rings. The van der Waals surface area contributed by atoms with Gasteiger partial charge in [0, 0.05) is 6.54 Å². The van der Waals surface area contributed by atoms with E-state index in [0.29, 0.717) is 0 Å². The van der Waals surface area contributed by atoms with E-state index in [1.54, 1.807) is 5.32 Å². The number of primary amides is 1. The molecule has 0 aromatic carbocycles. The lowest BCUT2D eigenvalue weighted by Crippen LogP contribution is -2.62. The monoisotopic (exact) mass is 584 g/mol. The van der Waals surface area contributed by atoms with E-state index < -0.39 is 82.6 Å². The van der Waals surface area contributed by atoms with Crippen LogP contribution in [0.4, 0.5) is 26.3 Å². The standard InChI is InChI=1S/C25H34F6N4O5/c1-22(2,3)17(34-20(39)16(24(26,27)28)25(29,30)31)21(40)35-9-11-13(23(11,4)5)14(35)19(38)33-12(8-10-6-7-10)15(36)18(32)37/h10-14,16-17H,6-9H2,1-5H3,(H2,32,37)(H,33,38)(H,34,39)/t11-,12?,13?,14-,17+/m0/s1. The Labute approximate surface area is 226 Å². The predicted octanol–water partition coefficient (Wildman–Crippen LogP) is 2.08.